The first kappa shape index (κ1) is 14.3. The van der Waals surface area contributed by atoms with Gasteiger partial charge in [-0.05, 0) is 12.0 Å². The van der Waals surface area contributed by atoms with Crippen molar-refractivity contribution in [1.82, 2.24) is 0 Å². The summed E-state index contributed by atoms with van der Waals surface area (Å²) in [5, 5.41) is 0. The summed E-state index contributed by atoms with van der Waals surface area (Å²) in [6, 6.07) is 8.64. The second-order valence-corrected chi connectivity index (χ2v) is 6.44. The van der Waals surface area contributed by atoms with Crippen LogP contribution in [0.2, 0.25) is 0 Å². The minimum Gasteiger partial charge on any atom is -0.347 e. The SMILES string of the molecule is O=C(OCl)C(CCS(=O)(=O)Cl)c1ccccc1. The van der Waals surface area contributed by atoms with Crippen molar-refractivity contribution in [2.24, 2.45) is 0 Å². The van der Waals surface area contributed by atoms with Crippen LogP contribution in [0.5, 0.6) is 0 Å². The fourth-order valence-electron chi connectivity index (χ4n) is 1.42. The molecule has 17 heavy (non-hydrogen) atoms. The van der Waals surface area contributed by atoms with E-state index in [1.807, 2.05) is 0 Å². The molecule has 0 radical (unpaired) electrons. The molecule has 0 heterocycles. The van der Waals surface area contributed by atoms with Crippen molar-refractivity contribution in [2.45, 2.75) is 12.3 Å². The lowest BCUT2D eigenvalue weighted by molar-refractivity contribution is -0.135. The largest absolute Gasteiger partial charge is 0.347 e. The fourth-order valence-corrected chi connectivity index (χ4v) is 2.31. The number of carbonyl (C=O) groups is 1. The first-order valence-corrected chi connectivity index (χ1v) is 7.52. The van der Waals surface area contributed by atoms with Gasteiger partial charge in [0.25, 0.3) is 0 Å². The number of rotatable bonds is 5. The molecule has 1 rings (SSSR count). The van der Waals surface area contributed by atoms with E-state index in [2.05, 4.69) is 4.29 Å². The molecule has 1 atom stereocenters. The van der Waals surface area contributed by atoms with Gasteiger partial charge < -0.3 is 4.29 Å². The smallest absolute Gasteiger partial charge is 0.332 e. The summed E-state index contributed by atoms with van der Waals surface area (Å²) in [4.78, 5) is 11.4. The van der Waals surface area contributed by atoms with E-state index in [-0.39, 0.29) is 12.2 Å². The van der Waals surface area contributed by atoms with Gasteiger partial charge in [0.1, 0.15) is 11.9 Å². The van der Waals surface area contributed by atoms with Gasteiger partial charge in [-0.1, -0.05) is 30.3 Å². The summed E-state index contributed by atoms with van der Waals surface area (Å²) in [5.41, 5.74) is 0.637. The van der Waals surface area contributed by atoms with E-state index in [9.17, 15) is 13.2 Å². The average Bonchev–Trinajstić information content (AvgIpc) is 2.29. The van der Waals surface area contributed by atoms with E-state index in [1.54, 1.807) is 30.3 Å². The van der Waals surface area contributed by atoms with E-state index >= 15 is 0 Å². The van der Waals surface area contributed by atoms with E-state index in [0.717, 1.165) is 0 Å². The highest BCUT2D eigenvalue weighted by molar-refractivity contribution is 8.13. The molecule has 0 saturated carbocycles. The third-order valence-electron chi connectivity index (χ3n) is 2.21. The Bertz CT molecular complexity index is 472. The highest BCUT2D eigenvalue weighted by atomic mass is 35.7. The van der Waals surface area contributed by atoms with Crippen LogP contribution in [0.1, 0.15) is 17.9 Å². The van der Waals surface area contributed by atoms with Crippen molar-refractivity contribution in [1.29, 1.82) is 0 Å². The van der Waals surface area contributed by atoms with Crippen LogP contribution in [0.4, 0.5) is 0 Å². The van der Waals surface area contributed by atoms with Crippen molar-refractivity contribution in [3.05, 3.63) is 35.9 Å². The molecule has 0 spiro atoms. The lowest BCUT2D eigenvalue weighted by atomic mass is 9.97. The number of carbonyl (C=O) groups excluding carboxylic acids is 1. The third kappa shape index (κ3) is 4.93. The van der Waals surface area contributed by atoms with Crippen LogP contribution in [0.3, 0.4) is 0 Å². The van der Waals surface area contributed by atoms with E-state index in [1.165, 1.54) is 0 Å². The molecule has 0 amide bonds. The summed E-state index contributed by atoms with van der Waals surface area (Å²) in [6.07, 6.45) is 0.0292. The maximum atomic E-state index is 11.4. The Balaban J connectivity index is 2.86. The molecule has 1 aromatic rings. The van der Waals surface area contributed by atoms with Gasteiger partial charge in [-0.25, -0.2) is 13.2 Å². The molecule has 4 nitrogen and oxygen atoms in total. The number of hydrogen-bond acceptors (Lipinski definition) is 4. The van der Waals surface area contributed by atoms with Crippen molar-refractivity contribution in [2.75, 3.05) is 5.75 Å². The molecule has 94 valence electrons. The highest BCUT2D eigenvalue weighted by Crippen LogP contribution is 2.23. The lowest BCUT2D eigenvalue weighted by Gasteiger charge is -2.12. The maximum Gasteiger partial charge on any atom is 0.332 e. The van der Waals surface area contributed by atoms with Crippen molar-refractivity contribution in [3.8, 4) is 0 Å². The monoisotopic (exact) mass is 296 g/mol. The van der Waals surface area contributed by atoms with Gasteiger partial charge in [0, 0.05) is 10.7 Å². The van der Waals surface area contributed by atoms with Gasteiger partial charge in [0.15, 0.2) is 0 Å². The van der Waals surface area contributed by atoms with Crippen molar-refractivity contribution in [3.63, 3.8) is 0 Å². The Kier molecular flexibility index (Phi) is 5.24. The normalized spacial score (nSPS) is 13.1. The summed E-state index contributed by atoms with van der Waals surface area (Å²) in [7, 11) is 1.45. The maximum absolute atomic E-state index is 11.4. The minimum atomic E-state index is -3.65. The lowest BCUT2D eigenvalue weighted by Crippen LogP contribution is -2.15. The van der Waals surface area contributed by atoms with Gasteiger partial charge in [-0.2, -0.15) is 0 Å². The Morgan fingerprint density at radius 2 is 1.88 bits per heavy atom. The molecule has 0 bridgehead atoms. The summed E-state index contributed by atoms with van der Waals surface area (Å²) < 4.78 is 25.8. The molecule has 0 aliphatic rings. The Labute approximate surface area is 109 Å². The molecule has 0 fully saturated rings. The molecule has 7 heteroatoms. The standard InChI is InChI=1S/C10H10Cl2O4S/c11-16-10(13)9(6-7-17(12,14)15)8-4-2-1-3-5-8/h1-5,9H,6-7H2. The molecule has 0 aliphatic carbocycles. The van der Waals surface area contributed by atoms with Crippen molar-refractivity contribution >= 4 is 37.6 Å². The first-order valence-electron chi connectivity index (χ1n) is 4.74. The molecular formula is C10H10Cl2O4S. The van der Waals surface area contributed by atoms with Gasteiger partial charge in [0.2, 0.25) is 9.05 Å². The molecule has 0 saturated heterocycles. The molecule has 1 aromatic carbocycles. The van der Waals surface area contributed by atoms with Gasteiger partial charge in [-0.15, -0.1) is 0 Å². The molecule has 0 aromatic heterocycles. The first-order chi connectivity index (χ1) is 7.94. The Hall–Kier alpha value is -0.780. The van der Waals surface area contributed by atoms with E-state index in [0.29, 0.717) is 5.56 Å². The molecule has 0 aliphatic heterocycles. The summed E-state index contributed by atoms with van der Waals surface area (Å²) in [6.45, 7) is 0. The zero-order valence-electron chi connectivity index (χ0n) is 8.68. The second-order valence-electron chi connectivity index (χ2n) is 3.39. The number of hydrogen-bond donors (Lipinski definition) is 0. The van der Waals surface area contributed by atoms with E-state index < -0.39 is 20.9 Å². The van der Waals surface area contributed by atoms with Crippen molar-refractivity contribution < 1.29 is 17.5 Å². The number of halogens is 2. The Morgan fingerprint density at radius 3 is 2.35 bits per heavy atom. The second kappa shape index (κ2) is 6.23. The minimum absolute atomic E-state index is 0.0292. The van der Waals surface area contributed by atoms with Crippen LogP contribution >= 0.6 is 22.5 Å². The van der Waals surface area contributed by atoms with Crippen LogP contribution in [0.25, 0.3) is 0 Å². The predicted molar refractivity (Wildman–Crippen MR) is 65.4 cm³/mol. The van der Waals surface area contributed by atoms with Gasteiger partial charge in [0.05, 0.1) is 11.7 Å². The van der Waals surface area contributed by atoms with Crippen LogP contribution in [-0.2, 0) is 18.1 Å². The van der Waals surface area contributed by atoms with Crippen LogP contribution in [0.15, 0.2) is 30.3 Å². The molecule has 1 unspecified atom stereocenters. The summed E-state index contributed by atoms with van der Waals surface area (Å²) in [5.74, 6) is -1.75. The van der Waals surface area contributed by atoms with E-state index in [4.69, 9.17) is 22.5 Å². The zero-order chi connectivity index (χ0) is 12.9. The average molecular weight is 297 g/mol. The predicted octanol–water partition coefficient (Wildman–Crippen LogP) is 2.43. The zero-order valence-corrected chi connectivity index (χ0v) is 11.0. The van der Waals surface area contributed by atoms with Crippen LogP contribution < -0.4 is 0 Å². The van der Waals surface area contributed by atoms with Gasteiger partial charge in [-0.3, -0.25) is 0 Å². The quantitative estimate of drug-likeness (QED) is 0.783. The highest BCUT2D eigenvalue weighted by Gasteiger charge is 2.24. The molecule has 0 N–H and O–H groups in total. The number of benzene rings is 1. The topological polar surface area (TPSA) is 60.4 Å². The summed E-state index contributed by atoms with van der Waals surface area (Å²) >= 11 is 5.01. The van der Waals surface area contributed by atoms with Crippen LogP contribution in [-0.4, -0.2) is 20.1 Å². The Morgan fingerprint density at radius 1 is 1.29 bits per heavy atom. The van der Waals surface area contributed by atoms with Gasteiger partial charge >= 0.3 is 5.97 Å². The fraction of sp³-hybridized carbons (Fsp3) is 0.300. The molecular weight excluding hydrogens is 287 g/mol. The third-order valence-corrected chi connectivity index (χ3v) is 3.55. The van der Waals surface area contributed by atoms with Crippen LogP contribution in [0, 0.1) is 0 Å².